The third-order valence-electron chi connectivity index (χ3n) is 3.11. The molecule has 1 unspecified atom stereocenters. The molecular weight excluding hydrogens is 260 g/mol. The van der Waals surface area contributed by atoms with Gasteiger partial charge in [0, 0.05) is 17.2 Å². The number of imide groups is 1. The number of halogens is 2. The van der Waals surface area contributed by atoms with Gasteiger partial charge in [-0.15, -0.1) is 0 Å². The highest BCUT2D eigenvalue weighted by Crippen LogP contribution is 2.37. The minimum Gasteiger partial charge on any atom is -0.493 e. The largest absolute Gasteiger partial charge is 0.493 e. The molecule has 0 spiro atoms. The Morgan fingerprint density at radius 1 is 1.32 bits per heavy atom. The standard InChI is InChI=1S/C12H9F2NO4/c13-6-4-7-5(2-1-3-18-7)8(9(6)14)10-11(16)15-12(17)19-10/h4,10H,1-3H2,(H,15,16,17). The maximum atomic E-state index is 13.9. The van der Waals surface area contributed by atoms with Crippen LogP contribution in [0.5, 0.6) is 5.75 Å². The first kappa shape index (κ1) is 11.9. The molecule has 0 aromatic heterocycles. The molecule has 0 saturated carbocycles. The van der Waals surface area contributed by atoms with E-state index in [1.54, 1.807) is 0 Å². The molecule has 2 heterocycles. The van der Waals surface area contributed by atoms with Crippen LogP contribution in [0.3, 0.4) is 0 Å². The molecule has 1 saturated heterocycles. The number of hydrogen-bond acceptors (Lipinski definition) is 4. The van der Waals surface area contributed by atoms with Crippen LogP contribution in [0.1, 0.15) is 23.7 Å². The fourth-order valence-corrected chi connectivity index (χ4v) is 2.30. The summed E-state index contributed by atoms with van der Waals surface area (Å²) < 4.78 is 37.4. The van der Waals surface area contributed by atoms with Crippen molar-refractivity contribution < 1.29 is 27.8 Å². The van der Waals surface area contributed by atoms with E-state index in [-0.39, 0.29) is 11.3 Å². The number of nitrogens with one attached hydrogen (secondary N) is 1. The molecule has 2 aliphatic rings. The second-order valence-electron chi connectivity index (χ2n) is 4.29. The summed E-state index contributed by atoms with van der Waals surface area (Å²) in [5.41, 5.74) is 0.123. The number of carbonyl (C=O) groups is 2. The van der Waals surface area contributed by atoms with E-state index in [2.05, 4.69) is 0 Å². The second kappa shape index (κ2) is 4.18. The van der Waals surface area contributed by atoms with Crippen LogP contribution < -0.4 is 10.1 Å². The van der Waals surface area contributed by atoms with Gasteiger partial charge < -0.3 is 9.47 Å². The Morgan fingerprint density at radius 2 is 2.11 bits per heavy atom. The third-order valence-corrected chi connectivity index (χ3v) is 3.11. The summed E-state index contributed by atoms with van der Waals surface area (Å²) in [7, 11) is 0. The lowest BCUT2D eigenvalue weighted by molar-refractivity contribution is -0.123. The number of cyclic esters (lactones) is 1. The van der Waals surface area contributed by atoms with E-state index in [0.29, 0.717) is 25.0 Å². The average Bonchev–Trinajstić information content (AvgIpc) is 2.70. The van der Waals surface area contributed by atoms with Gasteiger partial charge in [-0.2, -0.15) is 0 Å². The molecule has 3 rings (SSSR count). The number of benzene rings is 1. The first-order chi connectivity index (χ1) is 9.08. The van der Waals surface area contributed by atoms with Crippen molar-refractivity contribution in [2.24, 2.45) is 0 Å². The lowest BCUT2D eigenvalue weighted by atomic mass is 9.95. The van der Waals surface area contributed by atoms with Crippen LogP contribution in [0, 0.1) is 11.6 Å². The maximum Gasteiger partial charge on any atom is 0.415 e. The third kappa shape index (κ3) is 1.81. The van der Waals surface area contributed by atoms with Crippen LogP contribution in [0.25, 0.3) is 0 Å². The Bertz CT molecular complexity index is 588. The number of rotatable bonds is 1. The van der Waals surface area contributed by atoms with Gasteiger partial charge in [0.15, 0.2) is 11.6 Å². The van der Waals surface area contributed by atoms with Crippen LogP contribution in [0.2, 0.25) is 0 Å². The van der Waals surface area contributed by atoms with E-state index in [4.69, 9.17) is 9.47 Å². The fraction of sp³-hybridized carbons (Fsp3) is 0.333. The predicted molar refractivity (Wildman–Crippen MR) is 57.5 cm³/mol. The molecule has 19 heavy (non-hydrogen) atoms. The van der Waals surface area contributed by atoms with Gasteiger partial charge in [0.25, 0.3) is 5.91 Å². The van der Waals surface area contributed by atoms with E-state index < -0.39 is 29.7 Å². The van der Waals surface area contributed by atoms with Gasteiger partial charge in [0.1, 0.15) is 5.75 Å². The molecule has 100 valence electrons. The zero-order valence-corrected chi connectivity index (χ0v) is 9.66. The SMILES string of the molecule is O=C1NC(=O)C(c2c(F)c(F)cc3c2CCCO3)O1. The summed E-state index contributed by atoms with van der Waals surface area (Å²) in [5.74, 6) is -2.93. The molecule has 0 radical (unpaired) electrons. The van der Waals surface area contributed by atoms with Gasteiger partial charge in [0.2, 0.25) is 6.10 Å². The van der Waals surface area contributed by atoms with Crippen molar-refractivity contribution >= 4 is 12.0 Å². The molecule has 0 bridgehead atoms. The highest BCUT2D eigenvalue weighted by Gasteiger charge is 2.39. The van der Waals surface area contributed by atoms with E-state index >= 15 is 0 Å². The first-order valence-corrected chi connectivity index (χ1v) is 5.73. The van der Waals surface area contributed by atoms with Crippen LogP contribution in [-0.4, -0.2) is 18.6 Å². The predicted octanol–water partition coefficient (Wildman–Crippen LogP) is 1.60. The summed E-state index contributed by atoms with van der Waals surface area (Å²) in [6, 6.07) is 0.946. The van der Waals surface area contributed by atoms with Crippen molar-refractivity contribution in [1.82, 2.24) is 5.32 Å². The van der Waals surface area contributed by atoms with E-state index in [1.165, 1.54) is 0 Å². The second-order valence-corrected chi connectivity index (χ2v) is 4.29. The van der Waals surface area contributed by atoms with Crippen molar-refractivity contribution in [3.8, 4) is 5.75 Å². The van der Waals surface area contributed by atoms with Crippen LogP contribution >= 0.6 is 0 Å². The lowest BCUT2D eigenvalue weighted by Gasteiger charge is -2.22. The Kier molecular flexibility index (Phi) is 2.62. The van der Waals surface area contributed by atoms with Crippen molar-refractivity contribution in [3.05, 3.63) is 28.8 Å². The Labute approximate surface area is 106 Å². The van der Waals surface area contributed by atoms with Gasteiger partial charge in [0.05, 0.1) is 6.61 Å². The van der Waals surface area contributed by atoms with E-state index in [9.17, 15) is 18.4 Å². The number of alkyl carbamates (subject to hydrolysis) is 1. The molecule has 7 heteroatoms. The molecule has 1 aromatic carbocycles. The Morgan fingerprint density at radius 3 is 2.79 bits per heavy atom. The maximum absolute atomic E-state index is 13.9. The van der Waals surface area contributed by atoms with Gasteiger partial charge >= 0.3 is 6.09 Å². The molecule has 1 aromatic rings. The normalized spacial score (nSPS) is 21.5. The highest BCUT2D eigenvalue weighted by atomic mass is 19.2. The quantitative estimate of drug-likeness (QED) is 0.841. The van der Waals surface area contributed by atoms with Gasteiger partial charge in [-0.25, -0.2) is 13.6 Å². The molecular formula is C12H9F2NO4. The number of amides is 2. The zero-order valence-electron chi connectivity index (χ0n) is 9.66. The molecule has 2 amide bonds. The van der Waals surface area contributed by atoms with Crippen LogP contribution in [0.4, 0.5) is 13.6 Å². The lowest BCUT2D eigenvalue weighted by Crippen LogP contribution is -2.23. The monoisotopic (exact) mass is 269 g/mol. The van der Waals surface area contributed by atoms with Crippen LogP contribution in [0.15, 0.2) is 6.07 Å². The first-order valence-electron chi connectivity index (χ1n) is 5.73. The minimum absolute atomic E-state index is 0.191. The molecule has 1 fully saturated rings. The minimum atomic E-state index is -1.46. The molecule has 0 aliphatic carbocycles. The summed E-state index contributed by atoms with van der Waals surface area (Å²) in [4.78, 5) is 22.5. The summed E-state index contributed by atoms with van der Waals surface area (Å²) >= 11 is 0. The topological polar surface area (TPSA) is 64.6 Å². The molecule has 2 aliphatic heterocycles. The highest BCUT2D eigenvalue weighted by molar-refractivity contribution is 6.00. The zero-order chi connectivity index (χ0) is 13.6. The Hall–Kier alpha value is -2.18. The molecule has 1 N–H and O–H groups in total. The van der Waals surface area contributed by atoms with E-state index in [1.807, 2.05) is 5.32 Å². The average molecular weight is 269 g/mol. The van der Waals surface area contributed by atoms with Crippen molar-refractivity contribution in [3.63, 3.8) is 0 Å². The summed E-state index contributed by atoms with van der Waals surface area (Å²) in [5, 5.41) is 1.89. The summed E-state index contributed by atoms with van der Waals surface area (Å²) in [6.45, 7) is 0.397. The summed E-state index contributed by atoms with van der Waals surface area (Å²) in [6.07, 6.45) is -1.38. The molecule has 1 atom stereocenters. The van der Waals surface area contributed by atoms with Crippen molar-refractivity contribution in [2.75, 3.05) is 6.61 Å². The van der Waals surface area contributed by atoms with Gasteiger partial charge in [-0.3, -0.25) is 10.1 Å². The number of hydrogen-bond donors (Lipinski definition) is 1. The Balaban J connectivity index is 2.16. The van der Waals surface area contributed by atoms with Crippen LogP contribution in [-0.2, 0) is 16.0 Å². The number of fused-ring (bicyclic) bond motifs is 1. The number of ether oxygens (including phenoxy) is 2. The van der Waals surface area contributed by atoms with Gasteiger partial charge in [-0.05, 0) is 12.8 Å². The van der Waals surface area contributed by atoms with Gasteiger partial charge in [-0.1, -0.05) is 0 Å². The number of carbonyl (C=O) groups excluding carboxylic acids is 2. The molecule has 5 nitrogen and oxygen atoms in total. The fourth-order valence-electron chi connectivity index (χ4n) is 2.30. The van der Waals surface area contributed by atoms with Crippen molar-refractivity contribution in [1.29, 1.82) is 0 Å². The van der Waals surface area contributed by atoms with Crippen molar-refractivity contribution in [2.45, 2.75) is 18.9 Å². The smallest absolute Gasteiger partial charge is 0.415 e. The van der Waals surface area contributed by atoms with E-state index in [0.717, 1.165) is 6.07 Å².